The molecule has 6 N–H and O–H groups in total. The van der Waals surface area contributed by atoms with Gasteiger partial charge in [-0.1, -0.05) is 78.9 Å². The van der Waals surface area contributed by atoms with Gasteiger partial charge in [0.2, 0.25) is 5.54 Å². The molecule has 2 aromatic rings. The van der Waals surface area contributed by atoms with E-state index in [0.29, 0.717) is 11.1 Å². The summed E-state index contributed by atoms with van der Waals surface area (Å²) in [5.74, 6) is -5.27. The Bertz CT molecular complexity index is 1250. The molecule has 0 bridgehead atoms. The summed E-state index contributed by atoms with van der Waals surface area (Å²) in [5, 5.41) is 33.3. The van der Waals surface area contributed by atoms with Crippen molar-refractivity contribution in [1.29, 1.82) is 0 Å². The van der Waals surface area contributed by atoms with Crippen LogP contribution in [0.25, 0.3) is 0 Å². The third kappa shape index (κ3) is 7.63. The van der Waals surface area contributed by atoms with Crippen molar-refractivity contribution in [3.63, 3.8) is 0 Å². The molecule has 11 nitrogen and oxygen atoms in total. The number of ether oxygens (including phenoxy) is 2. The maximum Gasteiger partial charge on any atom is 0.341 e. The molecule has 212 valence electrons. The summed E-state index contributed by atoms with van der Waals surface area (Å²) in [6, 6.07) is 15.7. The van der Waals surface area contributed by atoms with Gasteiger partial charge in [0.25, 0.3) is 0 Å². The van der Waals surface area contributed by atoms with Crippen LogP contribution in [0.5, 0.6) is 0 Å². The number of carbonyl (C=O) groups is 4. The number of carbonyl (C=O) groups excluding carboxylic acids is 2. The summed E-state index contributed by atoms with van der Waals surface area (Å²) >= 11 is 0. The highest BCUT2D eigenvalue weighted by Gasteiger charge is 2.55. The Balaban J connectivity index is 1.92. The lowest BCUT2D eigenvalue weighted by Gasteiger charge is -2.38. The van der Waals surface area contributed by atoms with Crippen LogP contribution in [0.4, 0.5) is 0 Å². The zero-order valence-electron chi connectivity index (χ0n) is 21.6. The van der Waals surface area contributed by atoms with Gasteiger partial charge in [0, 0.05) is 19.4 Å². The van der Waals surface area contributed by atoms with E-state index < -0.39 is 60.1 Å². The molecule has 0 aliphatic heterocycles. The van der Waals surface area contributed by atoms with Crippen LogP contribution in [0.3, 0.4) is 0 Å². The molecule has 40 heavy (non-hydrogen) atoms. The van der Waals surface area contributed by atoms with Crippen LogP contribution in [0.15, 0.2) is 85.0 Å². The van der Waals surface area contributed by atoms with E-state index in [4.69, 9.17) is 20.3 Å². The molecule has 0 spiro atoms. The fourth-order valence-electron chi connectivity index (χ4n) is 4.18. The SMILES string of the molecule is N[C@@H](CC(=O)O)C(=O)OC1(CN[C@](C(=O)O)(C(=O)OCc2ccccc2)C(O)Cc2ccccc2)C=CC=CC1. The molecule has 4 atom stereocenters. The fraction of sp³-hybridized carbons (Fsp3) is 0.310. The Hall–Kier alpha value is -4.32. The van der Waals surface area contributed by atoms with Gasteiger partial charge in [-0.3, -0.25) is 14.9 Å². The van der Waals surface area contributed by atoms with Crippen molar-refractivity contribution >= 4 is 23.9 Å². The molecule has 3 rings (SSSR count). The van der Waals surface area contributed by atoms with E-state index in [1.807, 2.05) is 0 Å². The number of nitrogens with one attached hydrogen (secondary N) is 1. The number of rotatable bonds is 14. The smallest absolute Gasteiger partial charge is 0.341 e. The molecule has 2 unspecified atom stereocenters. The second kappa shape index (κ2) is 13.7. The number of benzene rings is 2. The first-order valence-corrected chi connectivity index (χ1v) is 12.5. The van der Waals surface area contributed by atoms with Crippen molar-refractivity contribution in [2.75, 3.05) is 6.54 Å². The molecule has 0 amide bonds. The largest absolute Gasteiger partial charge is 0.481 e. The summed E-state index contributed by atoms with van der Waals surface area (Å²) in [6.07, 6.45) is 3.70. The fourth-order valence-corrected chi connectivity index (χ4v) is 4.18. The molecule has 0 heterocycles. The molecular weight excluding hydrogens is 520 g/mol. The molecule has 11 heteroatoms. The van der Waals surface area contributed by atoms with Gasteiger partial charge in [0.1, 0.15) is 18.2 Å². The topological polar surface area (TPSA) is 185 Å². The van der Waals surface area contributed by atoms with E-state index in [-0.39, 0.29) is 19.4 Å². The molecular formula is C29H32N2O9. The Morgan fingerprint density at radius 2 is 1.60 bits per heavy atom. The van der Waals surface area contributed by atoms with Crippen molar-refractivity contribution in [3.05, 3.63) is 96.1 Å². The normalized spacial score (nSPS) is 19.1. The van der Waals surface area contributed by atoms with Crippen molar-refractivity contribution in [2.45, 2.75) is 49.2 Å². The van der Waals surface area contributed by atoms with E-state index in [9.17, 15) is 29.4 Å². The van der Waals surface area contributed by atoms with Crippen LogP contribution in [0.2, 0.25) is 0 Å². The Kier molecular flexibility index (Phi) is 10.3. The zero-order valence-corrected chi connectivity index (χ0v) is 21.6. The average Bonchev–Trinajstić information content (AvgIpc) is 2.93. The third-order valence-electron chi connectivity index (χ3n) is 6.42. The lowest BCUT2D eigenvalue weighted by Crippen LogP contribution is -2.69. The summed E-state index contributed by atoms with van der Waals surface area (Å²) in [5.41, 5.74) is 2.65. The van der Waals surface area contributed by atoms with Gasteiger partial charge in [0.15, 0.2) is 0 Å². The van der Waals surface area contributed by atoms with Crippen molar-refractivity contribution < 1.29 is 44.0 Å². The number of allylic oxidation sites excluding steroid dienone is 2. The van der Waals surface area contributed by atoms with E-state index in [2.05, 4.69) is 5.32 Å². The third-order valence-corrected chi connectivity index (χ3v) is 6.42. The second-order valence-electron chi connectivity index (χ2n) is 9.42. The van der Waals surface area contributed by atoms with E-state index in [1.165, 1.54) is 6.08 Å². The molecule has 0 aromatic heterocycles. The minimum absolute atomic E-state index is 0.0611. The number of nitrogens with two attached hydrogens (primary N) is 1. The van der Waals surface area contributed by atoms with Crippen molar-refractivity contribution in [2.24, 2.45) is 5.73 Å². The zero-order chi connectivity index (χ0) is 29.2. The number of carboxylic acid groups (broad SMARTS) is 2. The van der Waals surface area contributed by atoms with Gasteiger partial charge in [-0.2, -0.15) is 0 Å². The van der Waals surface area contributed by atoms with Gasteiger partial charge in [-0.05, 0) is 17.2 Å². The first-order valence-electron chi connectivity index (χ1n) is 12.5. The van der Waals surface area contributed by atoms with E-state index in [0.717, 1.165) is 0 Å². The number of esters is 2. The maximum absolute atomic E-state index is 13.5. The summed E-state index contributed by atoms with van der Waals surface area (Å²) in [7, 11) is 0. The molecule has 1 aliphatic carbocycles. The van der Waals surface area contributed by atoms with Crippen LogP contribution in [-0.4, -0.2) is 69.0 Å². The van der Waals surface area contributed by atoms with E-state index in [1.54, 1.807) is 78.9 Å². The van der Waals surface area contributed by atoms with Crippen LogP contribution < -0.4 is 11.1 Å². The highest BCUT2D eigenvalue weighted by atomic mass is 16.6. The van der Waals surface area contributed by atoms with Crippen LogP contribution in [0.1, 0.15) is 24.0 Å². The van der Waals surface area contributed by atoms with Crippen molar-refractivity contribution in [3.8, 4) is 0 Å². The average molecular weight is 553 g/mol. The molecule has 0 radical (unpaired) electrons. The lowest BCUT2D eigenvalue weighted by molar-refractivity contribution is -0.172. The first kappa shape index (κ1) is 30.2. The molecule has 0 saturated carbocycles. The van der Waals surface area contributed by atoms with Gasteiger partial charge >= 0.3 is 23.9 Å². The standard InChI is InChI=1S/C29H32N2O9/c30-22(17-24(33)34)25(35)40-28(14-8-3-9-15-28)19-31-29(26(36)37,23(32)16-20-10-4-1-5-11-20)27(38)39-18-21-12-6-2-7-13-21/h1-14,22-23,31-32H,15-19,30H2,(H,33,34)(H,36,37)/t22-,23?,28?,29+/m0/s1. The van der Waals surface area contributed by atoms with Gasteiger partial charge in [-0.25, -0.2) is 9.59 Å². The minimum Gasteiger partial charge on any atom is -0.481 e. The molecule has 2 aromatic carbocycles. The Morgan fingerprint density at radius 1 is 0.975 bits per heavy atom. The quantitative estimate of drug-likeness (QED) is 0.168. The molecule has 1 aliphatic rings. The van der Waals surface area contributed by atoms with Crippen LogP contribution in [-0.2, 0) is 41.7 Å². The second-order valence-corrected chi connectivity index (χ2v) is 9.42. The predicted molar refractivity (Wildman–Crippen MR) is 143 cm³/mol. The van der Waals surface area contributed by atoms with E-state index >= 15 is 0 Å². The highest BCUT2D eigenvalue weighted by molar-refractivity contribution is 6.05. The van der Waals surface area contributed by atoms with Gasteiger partial charge in [0.05, 0.1) is 12.5 Å². The summed E-state index contributed by atoms with van der Waals surface area (Å²) in [6.45, 7) is -0.695. The van der Waals surface area contributed by atoms with Gasteiger partial charge < -0.3 is 30.5 Å². The predicted octanol–water partition coefficient (Wildman–Crippen LogP) is 1.35. The maximum atomic E-state index is 13.5. The molecule has 0 saturated heterocycles. The number of hydrogen-bond acceptors (Lipinski definition) is 9. The monoisotopic (exact) mass is 552 g/mol. The lowest BCUT2D eigenvalue weighted by atomic mass is 9.85. The van der Waals surface area contributed by atoms with Gasteiger partial charge in [-0.15, -0.1) is 0 Å². The summed E-state index contributed by atoms with van der Waals surface area (Å²) in [4.78, 5) is 49.9. The first-order chi connectivity index (χ1) is 19.1. The van der Waals surface area contributed by atoms with Crippen molar-refractivity contribution in [1.82, 2.24) is 5.32 Å². The van der Waals surface area contributed by atoms with Crippen LogP contribution >= 0.6 is 0 Å². The number of aliphatic hydroxyl groups excluding tert-OH is 1. The number of aliphatic carboxylic acids is 2. The number of carboxylic acids is 2. The minimum atomic E-state index is -2.66. The molecule has 0 fully saturated rings. The summed E-state index contributed by atoms with van der Waals surface area (Å²) < 4.78 is 11.0. The Labute approximate surface area is 230 Å². The number of aliphatic hydroxyl groups is 1. The van der Waals surface area contributed by atoms with Crippen LogP contribution in [0, 0.1) is 0 Å². The Morgan fingerprint density at radius 3 is 2.15 bits per heavy atom. The highest BCUT2D eigenvalue weighted by Crippen LogP contribution is 2.26. The number of hydrogen-bond donors (Lipinski definition) is 5.